The second-order valence-electron chi connectivity index (χ2n) is 13.0. The molecule has 0 radical (unpaired) electrons. The maximum Gasteiger partial charge on any atom is 0.113 e. The van der Waals surface area contributed by atoms with E-state index < -0.39 is 6.10 Å². The normalized spacial score (nSPS) is 20.0. The third kappa shape index (κ3) is 10.0. The molecule has 5 aromatic carbocycles. The van der Waals surface area contributed by atoms with Gasteiger partial charge in [-0.3, -0.25) is 9.97 Å². The van der Waals surface area contributed by atoms with Crippen LogP contribution in [0, 0.1) is 0 Å². The lowest BCUT2D eigenvalue weighted by Gasteiger charge is -2.46. The van der Waals surface area contributed by atoms with Crippen LogP contribution in [0.25, 0.3) is 0 Å². The number of rotatable bonds is 16. The molecule has 1 saturated heterocycles. The topological polar surface area (TPSA) is 62.7 Å². The van der Waals surface area contributed by atoms with Gasteiger partial charge in [-0.05, 0) is 33.4 Å². The molecule has 264 valence electrons. The van der Waals surface area contributed by atoms with E-state index in [1.807, 2.05) is 78.6 Å². The van der Waals surface area contributed by atoms with Gasteiger partial charge in [0.25, 0.3) is 0 Å². The molecule has 0 N–H and O–H groups in total. The lowest BCUT2D eigenvalue weighted by atomic mass is 9.94. The highest BCUT2D eigenvalue weighted by Crippen LogP contribution is 2.47. The van der Waals surface area contributed by atoms with Crippen molar-refractivity contribution in [3.8, 4) is 0 Å². The van der Waals surface area contributed by atoms with E-state index in [0.717, 1.165) is 27.9 Å². The summed E-state index contributed by atoms with van der Waals surface area (Å²) in [5, 5.41) is -0.105. The summed E-state index contributed by atoms with van der Waals surface area (Å²) in [5.41, 5.74) is 7.73. The Morgan fingerprint density at radius 3 is 1.58 bits per heavy atom. The van der Waals surface area contributed by atoms with Crippen LogP contribution in [-0.2, 0) is 51.8 Å². The van der Waals surface area contributed by atoms with Crippen LogP contribution in [-0.4, -0.2) is 40.1 Å². The number of thioether (sulfide) groups is 1. The number of ether oxygens (including phenoxy) is 4. The van der Waals surface area contributed by atoms with Crippen LogP contribution in [0.15, 0.2) is 164 Å². The first-order chi connectivity index (χ1) is 25.8. The Kier molecular flexibility index (Phi) is 12.9. The molecule has 0 spiro atoms. The predicted molar refractivity (Wildman–Crippen MR) is 207 cm³/mol. The van der Waals surface area contributed by atoms with E-state index >= 15 is 0 Å². The number of hydrogen-bond acceptors (Lipinski definition) is 7. The number of nitrogens with zero attached hydrogens (tertiary/aromatic N) is 2. The van der Waals surface area contributed by atoms with Crippen molar-refractivity contribution in [2.75, 3.05) is 6.61 Å². The zero-order valence-electron chi connectivity index (χ0n) is 29.2. The summed E-state index contributed by atoms with van der Waals surface area (Å²) in [7, 11) is 0. The molecule has 7 heteroatoms. The Labute approximate surface area is 311 Å². The quantitative estimate of drug-likeness (QED) is 0.0994. The predicted octanol–water partition coefficient (Wildman–Crippen LogP) is 9.20. The summed E-state index contributed by atoms with van der Waals surface area (Å²) in [6, 6.07) is 50.1. The molecule has 1 fully saturated rings. The summed E-state index contributed by atoms with van der Waals surface area (Å²) >= 11 is 1.86. The van der Waals surface area contributed by atoms with Crippen LogP contribution in [0.5, 0.6) is 0 Å². The van der Waals surface area contributed by atoms with Crippen LogP contribution in [0.4, 0.5) is 0 Å². The third-order valence-electron chi connectivity index (χ3n) is 9.16. The molecule has 0 unspecified atom stereocenters. The van der Waals surface area contributed by atoms with Gasteiger partial charge < -0.3 is 18.9 Å². The maximum absolute atomic E-state index is 7.01. The lowest BCUT2D eigenvalue weighted by molar-refractivity contribution is -0.160. The number of benzene rings is 5. The SMILES string of the molecule is c1ccc(COC[C@H]2S[C@@H](c3cccc(Cc4cnccn4)c3)[C@H](OCc3ccccc3)[C@@H](OCc3ccccc3)[C@@H]2OCc2ccccc2)cc1. The summed E-state index contributed by atoms with van der Waals surface area (Å²) in [6.07, 6.45) is 4.93. The third-order valence-corrected chi connectivity index (χ3v) is 10.8. The summed E-state index contributed by atoms with van der Waals surface area (Å²) in [5.74, 6) is 0. The minimum atomic E-state index is -0.396. The Morgan fingerprint density at radius 1 is 0.500 bits per heavy atom. The lowest BCUT2D eigenvalue weighted by Crippen LogP contribution is -2.54. The minimum absolute atomic E-state index is 0.0431. The number of hydrogen-bond donors (Lipinski definition) is 0. The van der Waals surface area contributed by atoms with Gasteiger partial charge in [-0.2, -0.15) is 0 Å². The van der Waals surface area contributed by atoms with Crippen LogP contribution in [0.2, 0.25) is 0 Å². The average Bonchev–Trinajstić information content (AvgIpc) is 3.21. The van der Waals surface area contributed by atoms with Crippen molar-refractivity contribution in [1.82, 2.24) is 9.97 Å². The highest BCUT2D eigenvalue weighted by Gasteiger charge is 2.48. The standard InChI is InChI=1S/C45H44N2O4S/c1-5-14-34(15-6-1)29-48-33-41-42(49-30-35-16-7-2-8-17-35)43(50-31-36-18-9-3-10-19-36)44(51-32-37-20-11-4-12-21-37)45(52-41)39-23-13-22-38(26-39)27-40-28-46-24-25-47-40/h1-26,28,41-45H,27,29-33H2/t41-,42-,43+,44-,45+/m1/s1. The molecule has 7 rings (SSSR count). The second kappa shape index (κ2) is 18.7. The van der Waals surface area contributed by atoms with Crippen molar-refractivity contribution < 1.29 is 18.9 Å². The van der Waals surface area contributed by atoms with Crippen LogP contribution < -0.4 is 0 Å². The molecule has 2 heterocycles. The second-order valence-corrected chi connectivity index (χ2v) is 14.4. The van der Waals surface area contributed by atoms with Gasteiger partial charge in [0, 0.05) is 25.0 Å². The monoisotopic (exact) mass is 708 g/mol. The van der Waals surface area contributed by atoms with Crippen LogP contribution >= 0.6 is 11.8 Å². The van der Waals surface area contributed by atoms with E-state index in [9.17, 15) is 0 Å². The van der Waals surface area contributed by atoms with Gasteiger partial charge in [-0.15, -0.1) is 11.8 Å². The maximum atomic E-state index is 7.01. The summed E-state index contributed by atoms with van der Waals surface area (Å²) < 4.78 is 27.4. The highest BCUT2D eigenvalue weighted by atomic mass is 32.2. The van der Waals surface area contributed by atoms with Crippen molar-refractivity contribution in [2.24, 2.45) is 0 Å². The fraction of sp³-hybridized carbons (Fsp3) is 0.244. The highest BCUT2D eigenvalue weighted by molar-refractivity contribution is 8.00. The molecule has 52 heavy (non-hydrogen) atoms. The summed E-state index contributed by atoms with van der Waals surface area (Å²) in [4.78, 5) is 8.83. The number of aromatic nitrogens is 2. The molecular weight excluding hydrogens is 665 g/mol. The van der Waals surface area contributed by atoms with Gasteiger partial charge >= 0.3 is 0 Å². The molecule has 0 saturated carbocycles. The molecule has 1 aliphatic heterocycles. The van der Waals surface area contributed by atoms with Crippen molar-refractivity contribution in [3.63, 3.8) is 0 Å². The van der Waals surface area contributed by atoms with Crippen molar-refractivity contribution >= 4 is 11.8 Å². The Balaban J connectivity index is 1.24. The minimum Gasteiger partial charge on any atom is -0.376 e. The first kappa shape index (κ1) is 35.8. The van der Waals surface area contributed by atoms with Gasteiger partial charge in [-0.25, -0.2) is 0 Å². The smallest absolute Gasteiger partial charge is 0.113 e. The van der Waals surface area contributed by atoms with Crippen molar-refractivity contribution in [1.29, 1.82) is 0 Å². The average molecular weight is 709 g/mol. The molecule has 0 bridgehead atoms. The van der Waals surface area contributed by atoms with Gasteiger partial charge in [0.05, 0.1) is 49.2 Å². The first-order valence-electron chi connectivity index (χ1n) is 17.9. The fourth-order valence-corrected chi connectivity index (χ4v) is 8.20. The zero-order valence-corrected chi connectivity index (χ0v) is 30.0. The van der Waals surface area contributed by atoms with Gasteiger partial charge in [0.15, 0.2) is 0 Å². The molecule has 1 aliphatic rings. The Bertz CT molecular complexity index is 1900. The molecule has 5 atom stereocenters. The van der Waals surface area contributed by atoms with Gasteiger partial charge in [-0.1, -0.05) is 146 Å². The van der Waals surface area contributed by atoms with E-state index in [1.54, 1.807) is 12.4 Å². The van der Waals surface area contributed by atoms with Crippen molar-refractivity contribution in [2.45, 2.75) is 61.7 Å². The van der Waals surface area contributed by atoms with E-state index in [1.165, 1.54) is 11.1 Å². The molecule has 0 amide bonds. The van der Waals surface area contributed by atoms with Crippen molar-refractivity contribution in [3.05, 3.63) is 203 Å². The Morgan fingerprint density at radius 2 is 1.02 bits per heavy atom. The molecular formula is C45H44N2O4S. The van der Waals surface area contributed by atoms with E-state index in [-0.39, 0.29) is 22.7 Å². The summed E-state index contributed by atoms with van der Waals surface area (Å²) in [6.45, 7) is 2.35. The van der Waals surface area contributed by atoms with E-state index in [4.69, 9.17) is 18.9 Å². The first-order valence-corrected chi connectivity index (χ1v) is 18.8. The Hall–Kier alpha value is -4.63. The van der Waals surface area contributed by atoms with Gasteiger partial charge in [0.1, 0.15) is 18.3 Å². The van der Waals surface area contributed by atoms with Crippen LogP contribution in [0.3, 0.4) is 0 Å². The zero-order chi connectivity index (χ0) is 35.2. The molecule has 6 nitrogen and oxygen atoms in total. The van der Waals surface area contributed by atoms with Crippen LogP contribution in [0.1, 0.15) is 44.3 Å². The largest absolute Gasteiger partial charge is 0.376 e. The van der Waals surface area contributed by atoms with E-state index in [2.05, 4.69) is 94.9 Å². The molecule has 1 aromatic heterocycles. The molecule has 6 aromatic rings. The molecule has 0 aliphatic carbocycles. The fourth-order valence-electron chi connectivity index (χ4n) is 6.57. The van der Waals surface area contributed by atoms with E-state index in [0.29, 0.717) is 39.5 Å². The van der Waals surface area contributed by atoms with Gasteiger partial charge in [0.2, 0.25) is 0 Å².